The highest BCUT2D eigenvalue weighted by atomic mass is 16.3. The largest absolute Gasteiger partial charge is 0.394 e. The summed E-state index contributed by atoms with van der Waals surface area (Å²) in [4.78, 5) is 2.63. The molecule has 1 aliphatic carbocycles. The van der Waals surface area contributed by atoms with E-state index in [1.807, 2.05) is 0 Å². The minimum Gasteiger partial charge on any atom is -0.394 e. The standard InChI is InChI=1S/C16H34N2O/c1-5-17-16(4,13-19)10-6-7-11-18(14(2)3)12-15-8-9-15/h14-15,17,19H,5-13H2,1-4H3. The van der Waals surface area contributed by atoms with Crippen molar-refractivity contribution >= 4 is 0 Å². The zero-order chi connectivity index (χ0) is 14.3. The van der Waals surface area contributed by atoms with Gasteiger partial charge < -0.3 is 15.3 Å². The van der Waals surface area contributed by atoms with Crippen LogP contribution in [-0.2, 0) is 0 Å². The van der Waals surface area contributed by atoms with Crippen molar-refractivity contribution in [3.63, 3.8) is 0 Å². The van der Waals surface area contributed by atoms with Crippen molar-refractivity contribution in [1.29, 1.82) is 0 Å². The predicted molar refractivity (Wildman–Crippen MR) is 82.5 cm³/mol. The lowest BCUT2D eigenvalue weighted by molar-refractivity contribution is 0.159. The molecule has 114 valence electrons. The molecular formula is C16H34N2O. The summed E-state index contributed by atoms with van der Waals surface area (Å²) in [6.45, 7) is 12.5. The van der Waals surface area contributed by atoms with Gasteiger partial charge in [-0.3, -0.25) is 0 Å². The van der Waals surface area contributed by atoms with Gasteiger partial charge in [0.25, 0.3) is 0 Å². The zero-order valence-corrected chi connectivity index (χ0v) is 13.4. The average molecular weight is 270 g/mol. The Kier molecular flexibility index (Phi) is 7.33. The monoisotopic (exact) mass is 270 g/mol. The number of nitrogens with one attached hydrogen (secondary N) is 1. The fourth-order valence-corrected chi connectivity index (χ4v) is 2.67. The Hall–Kier alpha value is -0.120. The molecule has 1 unspecified atom stereocenters. The Labute approximate surface area is 119 Å². The molecule has 0 spiro atoms. The molecule has 0 aliphatic heterocycles. The quantitative estimate of drug-likeness (QED) is 0.567. The fraction of sp³-hybridized carbons (Fsp3) is 1.00. The predicted octanol–water partition coefficient (Wildman–Crippen LogP) is 2.64. The number of hydrogen-bond acceptors (Lipinski definition) is 3. The van der Waals surface area contributed by atoms with E-state index in [0.717, 1.165) is 18.9 Å². The summed E-state index contributed by atoms with van der Waals surface area (Å²) in [7, 11) is 0. The Morgan fingerprint density at radius 2 is 2.00 bits per heavy atom. The van der Waals surface area contributed by atoms with Crippen LogP contribution < -0.4 is 5.32 Å². The van der Waals surface area contributed by atoms with Crippen molar-refractivity contribution < 1.29 is 5.11 Å². The molecule has 3 nitrogen and oxygen atoms in total. The highest BCUT2D eigenvalue weighted by molar-refractivity contribution is 4.82. The van der Waals surface area contributed by atoms with Gasteiger partial charge in [0.2, 0.25) is 0 Å². The van der Waals surface area contributed by atoms with Gasteiger partial charge in [0.15, 0.2) is 0 Å². The van der Waals surface area contributed by atoms with E-state index in [4.69, 9.17) is 0 Å². The molecule has 1 saturated carbocycles. The van der Waals surface area contributed by atoms with E-state index in [1.165, 1.54) is 38.8 Å². The van der Waals surface area contributed by atoms with Crippen molar-refractivity contribution in [3.8, 4) is 0 Å². The van der Waals surface area contributed by atoms with Crippen LogP contribution in [0.5, 0.6) is 0 Å². The molecule has 0 saturated heterocycles. The van der Waals surface area contributed by atoms with Crippen LogP contribution in [-0.4, -0.2) is 47.8 Å². The first-order valence-corrected chi connectivity index (χ1v) is 8.10. The van der Waals surface area contributed by atoms with Crippen molar-refractivity contribution in [2.75, 3.05) is 26.2 Å². The number of likely N-dealkylation sites (N-methyl/N-ethyl adjacent to an activating group) is 1. The summed E-state index contributed by atoms with van der Waals surface area (Å²) in [5.74, 6) is 0.979. The Morgan fingerprint density at radius 3 is 2.47 bits per heavy atom. The lowest BCUT2D eigenvalue weighted by Gasteiger charge is -2.30. The van der Waals surface area contributed by atoms with Crippen molar-refractivity contribution in [2.45, 2.75) is 71.4 Å². The van der Waals surface area contributed by atoms with Crippen LogP contribution in [0.4, 0.5) is 0 Å². The second-order valence-electron chi connectivity index (χ2n) is 6.74. The molecule has 0 aromatic carbocycles. The van der Waals surface area contributed by atoms with Gasteiger partial charge in [0.05, 0.1) is 6.61 Å². The molecule has 2 N–H and O–H groups in total. The first-order chi connectivity index (χ1) is 9.00. The summed E-state index contributed by atoms with van der Waals surface area (Å²) in [5.41, 5.74) is -0.0894. The second-order valence-corrected chi connectivity index (χ2v) is 6.74. The number of aliphatic hydroxyl groups excluding tert-OH is 1. The van der Waals surface area contributed by atoms with E-state index < -0.39 is 0 Å². The first kappa shape index (κ1) is 16.9. The lowest BCUT2D eigenvalue weighted by Crippen LogP contribution is -2.45. The van der Waals surface area contributed by atoms with E-state index in [2.05, 4.69) is 37.9 Å². The molecule has 19 heavy (non-hydrogen) atoms. The lowest BCUT2D eigenvalue weighted by atomic mass is 9.95. The molecule has 0 heterocycles. The van der Waals surface area contributed by atoms with Gasteiger partial charge in [-0.05, 0) is 65.5 Å². The zero-order valence-electron chi connectivity index (χ0n) is 13.4. The summed E-state index contributed by atoms with van der Waals surface area (Å²) in [6, 6.07) is 0.665. The third-order valence-corrected chi connectivity index (χ3v) is 4.30. The number of unbranched alkanes of at least 4 members (excludes halogenated alkanes) is 1. The molecule has 3 heteroatoms. The Bertz CT molecular complexity index is 241. The Morgan fingerprint density at radius 1 is 1.32 bits per heavy atom. The number of aliphatic hydroxyl groups is 1. The molecule has 1 aliphatic rings. The normalized spacial score (nSPS) is 19.1. The average Bonchev–Trinajstić information content (AvgIpc) is 3.17. The van der Waals surface area contributed by atoms with E-state index in [0.29, 0.717) is 6.04 Å². The van der Waals surface area contributed by atoms with Crippen molar-refractivity contribution in [3.05, 3.63) is 0 Å². The molecule has 0 radical (unpaired) electrons. The molecule has 0 aromatic heterocycles. The smallest absolute Gasteiger partial charge is 0.0610 e. The molecule has 0 aromatic rings. The maximum Gasteiger partial charge on any atom is 0.0610 e. The van der Waals surface area contributed by atoms with Crippen LogP contribution in [0, 0.1) is 5.92 Å². The molecule has 0 amide bonds. The van der Waals surface area contributed by atoms with Crippen LogP contribution in [0.3, 0.4) is 0 Å². The third kappa shape index (κ3) is 6.73. The van der Waals surface area contributed by atoms with E-state index in [1.54, 1.807) is 0 Å². The number of nitrogens with zero attached hydrogens (tertiary/aromatic N) is 1. The minimum absolute atomic E-state index is 0.0894. The molecule has 0 bridgehead atoms. The van der Waals surface area contributed by atoms with E-state index in [-0.39, 0.29) is 12.1 Å². The fourth-order valence-electron chi connectivity index (χ4n) is 2.67. The van der Waals surface area contributed by atoms with Gasteiger partial charge in [-0.2, -0.15) is 0 Å². The molecule has 1 atom stereocenters. The molecule has 1 fully saturated rings. The minimum atomic E-state index is -0.0894. The topological polar surface area (TPSA) is 35.5 Å². The summed E-state index contributed by atoms with van der Waals surface area (Å²) < 4.78 is 0. The maximum absolute atomic E-state index is 9.47. The van der Waals surface area contributed by atoms with Gasteiger partial charge in [-0.25, -0.2) is 0 Å². The van der Waals surface area contributed by atoms with Crippen molar-refractivity contribution in [1.82, 2.24) is 10.2 Å². The summed E-state index contributed by atoms with van der Waals surface area (Å²) >= 11 is 0. The van der Waals surface area contributed by atoms with Crippen LogP contribution in [0.15, 0.2) is 0 Å². The van der Waals surface area contributed by atoms with Gasteiger partial charge in [0, 0.05) is 18.1 Å². The number of rotatable bonds is 11. The number of hydrogen-bond donors (Lipinski definition) is 2. The van der Waals surface area contributed by atoms with Gasteiger partial charge in [-0.1, -0.05) is 13.3 Å². The highest BCUT2D eigenvalue weighted by Gasteiger charge is 2.25. The highest BCUT2D eigenvalue weighted by Crippen LogP contribution is 2.30. The van der Waals surface area contributed by atoms with Gasteiger partial charge >= 0.3 is 0 Å². The van der Waals surface area contributed by atoms with Crippen LogP contribution in [0.2, 0.25) is 0 Å². The SMILES string of the molecule is CCNC(C)(CO)CCCCN(CC1CC1)C(C)C. The van der Waals surface area contributed by atoms with Crippen LogP contribution in [0.1, 0.15) is 59.8 Å². The maximum atomic E-state index is 9.47. The summed E-state index contributed by atoms with van der Waals surface area (Å²) in [6.07, 6.45) is 6.37. The van der Waals surface area contributed by atoms with E-state index >= 15 is 0 Å². The van der Waals surface area contributed by atoms with E-state index in [9.17, 15) is 5.11 Å². The Balaban J connectivity index is 2.19. The summed E-state index contributed by atoms with van der Waals surface area (Å²) in [5, 5.41) is 12.9. The first-order valence-electron chi connectivity index (χ1n) is 8.10. The van der Waals surface area contributed by atoms with Gasteiger partial charge in [-0.15, -0.1) is 0 Å². The van der Waals surface area contributed by atoms with Crippen LogP contribution >= 0.6 is 0 Å². The van der Waals surface area contributed by atoms with Crippen molar-refractivity contribution in [2.24, 2.45) is 5.92 Å². The molecule has 1 rings (SSSR count). The third-order valence-electron chi connectivity index (χ3n) is 4.30. The second kappa shape index (κ2) is 8.23. The molecular weight excluding hydrogens is 236 g/mol. The van der Waals surface area contributed by atoms with Crippen LogP contribution in [0.25, 0.3) is 0 Å². The van der Waals surface area contributed by atoms with Gasteiger partial charge in [0.1, 0.15) is 0 Å².